The highest BCUT2D eigenvalue weighted by Crippen LogP contribution is 2.29. The van der Waals surface area contributed by atoms with Crippen LogP contribution < -0.4 is 5.32 Å². The SMILES string of the molecule is CCCNc1nc(C2CN(C)CCO2)nc2c1CCC2. The Kier molecular flexibility index (Phi) is 4.17. The summed E-state index contributed by atoms with van der Waals surface area (Å²) in [7, 11) is 2.12. The second-order valence-corrected chi connectivity index (χ2v) is 5.76. The number of ether oxygens (including phenoxy) is 1. The lowest BCUT2D eigenvalue weighted by Gasteiger charge is -2.29. The molecular weight excluding hydrogens is 252 g/mol. The van der Waals surface area contributed by atoms with Gasteiger partial charge in [-0.25, -0.2) is 9.97 Å². The van der Waals surface area contributed by atoms with Crippen molar-refractivity contribution in [2.75, 3.05) is 38.6 Å². The van der Waals surface area contributed by atoms with Crippen LogP contribution in [0.4, 0.5) is 5.82 Å². The van der Waals surface area contributed by atoms with Crippen molar-refractivity contribution in [3.8, 4) is 0 Å². The van der Waals surface area contributed by atoms with E-state index in [4.69, 9.17) is 14.7 Å². The molecule has 3 rings (SSSR count). The summed E-state index contributed by atoms with van der Waals surface area (Å²) in [6, 6.07) is 0. The first-order chi connectivity index (χ1) is 9.78. The van der Waals surface area contributed by atoms with Crippen molar-refractivity contribution < 1.29 is 4.74 Å². The zero-order valence-electron chi connectivity index (χ0n) is 12.5. The summed E-state index contributed by atoms with van der Waals surface area (Å²) in [5.41, 5.74) is 2.55. The first-order valence-electron chi connectivity index (χ1n) is 7.71. The molecule has 1 aliphatic carbocycles. The van der Waals surface area contributed by atoms with E-state index in [1.54, 1.807) is 0 Å². The van der Waals surface area contributed by atoms with Crippen LogP contribution in [0.2, 0.25) is 0 Å². The van der Waals surface area contributed by atoms with Gasteiger partial charge in [0.15, 0.2) is 5.82 Å². The second-order valence-electron chi connectivity index (χ2n) is 5.76. The summed E-state index contributed by atoms with van der Waals surface area (Å²) in [5.74, 6) is 1.90. The van der Waals surface area contributed by atoms with E-state index in [1.807, 2.05) is 0 Å². The highest BCUT2D eigenvalue weighted by atomic mass is 16.5. The molecule has 0 aromatic carbocycles. The lowest BCUT2D eigenvalue weighted by atomic mass is 10.2. The Labute approximate surface area is 120 Å². The third-order valence-electron chi connectivity index (χ3n) is 4.05. The lowest BCUT2D eigenvalue weighted by molar-refractivity contribution is -0.0255. The fourth-order valence-electron chi connectivity index (χ4n) is 2.92. The molecule has 0 radical (unpaired) electrons. The maximum absolute atomic E-state index is 5.86. The van der Waals surface area contributed by atoms with E-state index >= 15 is 0 Å². The van der Waals surface area contributed by atoms with Crippen molar-refractivity contribution in [2.24, 2.45) is 0 Å². The highest BCUT2D eigenvalue weighted by molar-refractivity contribution is 5.49. The molecule has 5 nitrogen and oxygen atoms in total. The van der Waals surface area contributed by atoms with Crippen LogP contribution in [-0.2, 0) is 17.6 Å². The third kappa shape index (κ3) is 2.79. The maximum Gasteiger partial charge on any atom is 0.161 e. The second kappa shape index (κ2) is 6.06. The lowest BCUT2D eigenvalue weighted by Crippen LogP contribution is -2.36. The monoisotopic (exact) mass is 276 g/mol. The summed E-state index contributed by atoms with van der Waals surface area (Å²) in [4.78, 5) is 11.8. The molecule has 0 saturated carbocycles. The topological polar surface area (TPSA) is 50.3 Å². The van der Waals surface area contributed by atoms with Crippen molar-refractivity contribution in [1.29, 1.82) is 0 Å². The zero-order valence-corrected chi connectivity index (χ0v) is 12.5. The average Bonchev–Trinajstić information content (AvgIpc) is 2.93. The van der Waals surface area contributed by atoms with Gasteiger partial charge < -0.3 is 15.0 Å². The van der Waals surface area contributed by atoms with Gasteiger partial charge in [-0.1, -0.05) is 6.92 Å². The standard InChI is InChI=1S/C15H24N4O/c1-3-7-16-14-11-5-4-6-12(11)17-15(18-14)13-10-19(2)8-9-20-13/h13H,3-10H2,1-2H3,(H,16,17,18). The predicted molar refractivity (Wildman–Crippen MR) is 79.0 cm³/mol. The van der Waals surface area contributed by atoms with Crippen LogP contribution in [0.25, 0.3) is 0 Å². The zero-order chi connectivity index (χ0) is 13.9. The molecule has 0 amide bonds. The molecule has 1 unspecified atom stereocenters. The van der Waals surface area contributed by atoms with Gasteiger partial charge in [0.2, 0.25) is 0 Å². The summed E-state index contributed by atoms with van der Waals surface area (Å²) in [5, 5.41) is 3.47. The van der Waals surface area contributed by atoms with E-state index in [9.17, 15) is 0 Å². The number of hydrogen-bond donors (Lipinski definition) is 1. The van der Waals surface area contributed by atoms with E-state index in [-0.39, 0.29) is 6.10 Å². The Morgan fingerprint density at radius 1 is 1.35 bits per heavy atom. The summed E-state index contributed by atoms with van der Waals surface area (Å²) in [6.07, 6.45) is 4.50. The van der Waals surface area contributed by atoms with Crippen LogP contribution in [0.5, 0.6) is 0 Å². The number of nitrogens with zero attached hydrogens (tertiary/aromatic N) is 3. The van der Waals surface area contributed by atoms with E-state index in [0.717, 1.165) is 57.1 Å². The Hall–Kier alpha value is -1.20. The van der Waals surface area contributed by atoms with Crippen LogP contribution in [0.3, 0.4) is 0 Å². The molecular formula is C15H24N4O. The first kappa shape index (κ1) is 13.8. The minimum absolute atomic E-state index is 0.0156. The van der Waals surface area contributed by atoms with Crippen molar-refractivity contribution in [2.45, 2.75) is 38.7 Å². The van der Waals surface area contributed by atoms with Crippen molar-refractivity contribution in [3.63, 3.8) is 0 Å². The quantitative estimate of drug-likeness (QED) is 0.908. The Morgan fingerprint density at radius 3 is 3.05 bits per heavy atom. The van der Waals surface area contributed by atoms with E-state index < -0.39 is 0 Å². The van der Waals surface area contributed by atoms with Gasteiger partial charge in [-0.05, 0) is 32.7 Å². The number of fused-ring (bicyclic) bond motifs is 1. The number of aromatic nitrogens is 2. The molecule has 1 fully saturated rings. The molecule has 110 valence electrons. The van der Waals surface area contributed by atoms with Gasteiger partial charge in [-0.15, -0.1) is 0 Å². The predicted octanol–water partition coefficient (Wildman–Crippen LogP) is 1.79. The van der Waals surface area contributed by atoms with E-state index in [2.05, 4.69) is 24.2 Å². The van der Waals surface area contributed by atoms with Gasteiger partial charge in [0, 0.05) is 30.9 Å². The maximum atomic E-state index is 5.86. The minimum Gasteiger partial charge on any atom is -0.370 e. The number of anilines is 1. The highest BCUT2D eigenvalue weighted by Gasteiger charge is 2.26. The van der Waals surface area contributed by atoms with Crippen molar-refractivity contribution in [1.82, 2.24) is 14.9 Å². The molecule has 1 saturated heterocycles. The number of aryl methyl sites for hydroxylation is 1. The first-order valence-corrected chi connectivity index (χ1v) is 7.71. The number of hydrogen-bond acceptors (Lipinski definition) is 5. The van der Waals surface area contributed by atoms with Crippen LogP contribution >= 0.6 is 0 Å². The third-order valence-corrected chi connectivity index (χ3v) is 4.05. The van der Waals surface area contributed by atoms with Gasteiger partial charge >= 0.3 is 0 Å². The molecule has 1 aliphatic heterocycles. The Bertz CT molecular complexity index is 477. The van der Waals surface area contributed by atoms with Crippen LogP contribution in [0.1, 0.15) is 43.0 Å². The van der Waals surface area contributed by atoms with Gasteiger partial charge in [0.25, 0.3) is 0 Å². The Balaban J connectivity index is 1.87. The van der Waals surface area contributed by atoms with Crippen molar-refractivity contribution in [3.05, 3.63) is 17.1 Å². The number of morpholine rings is 1. The van der Waals surface area contributed by atoms with Crippen LogP contribution in [0, 0.1) is 0 Å². The molecule has 1 N–H and O–H groups in total. The largest absolute Gasteiger partial charge is 0.370 e. The molecule has 1 aromatic heterocycles. The van der Waals surface area contributed by atoms with Crippen molar-refractivity contribution >= 4 is 5.82 Å². The normalized spacial score (nSPS) is 22.8. The molecule has 20 heavy (non-hydrogen) atoms. The van der Waals surface area contributed by atoms with Crippen LogP contribution in [0.15, 0.2) is 0 Å². The number of nitrogens with one attached hydrogen (secondary N) is 1. The van der Waals surface area contributed by atoms with Gasteiger partial charge in [0.05, 0.1) is 6.61 Å². The fourth-order valence-corrected chi connectivity index (χ4v) is 2.92. The molecule has 0 bridgehead atoms. The Morgan fingerprint density at radius 2 is 2.25 bits per heavy atom. The van der Waals surface area contributed by atoms with Crippen LogP contribution in [-0.4, -0.2) is 48.2 Å². The molecule has 1 aromatic rings. The smallest absolute Gasteiger partial charge is 0.161 e. The fraction of sp³-hybridized carbons (Fsp3) is 0.733. The number of likely N-dealkylation sites (N-methyl/N-ethyl adjacent to an activating group) is 1. The number of rotatable bonds is 4. The van der Waals surface area contributed by atoms with Gasteiger partial charge in [0.1, 0.15) is 11.9 Å². The van der Waals surface area contributed by atoms with Gasteiger partial charge in [-0.3, -0.25) is 0 Å². The molecule has 0 spiro atoms. The summed E-state index contributed by atoms with van der Waals surface area (Å²) < 4.78 is 5.86. The molecule has 5 heteroatoms. The molecule has 2 heterocycles. The van der Waals surface area contributed by atoms with E-state index in [1.165, 1.54) is 17.7 Å². The average molecular weight is 276 g/mol. The van der Waals surface area contributed by atoms with E-state index in [0.29, 0.717) is 0 Å². The van der Waals surface area contributed by atoms with Gasteiger partial charge in [-0.2, -0.15) is 0 Å². The summed E-state index contributed by atoms with van der Waals surface area (Å²) >= 11 is 0. The summed E-state index contributed by atoms with van der Waals surface area (Å²) in [6.45, 7) is 5.77. The molecule has 2 aliphatic rings. The minimum atomic E-state index is 0.0156. The molecule has 1 atom stereocenters.